The van der Waals surface area contributed by atoms with E-state index in [-0.39, 0.29) is 0 Å². The smallest absolute Gasteiger partial charge is 0.117 e. The zero-order chi connectivity index (χ0) is 11.5. The summed E-state index contributed by atoms with van der Waals surface area (Å²) in [5.41, 5.74) is 0. The second-order valence-electron chi connectivity index (χ2n) is 5.02. The molecule has 0 saturated heterocycles. The van der Waals surface area contributed by atoms with Gasteiger partial charge in [0.25, 0.3) is 0 Å². The Bertz CT molecular complexity index is 332. The summed E-state index contributed by atoms with van der Waals surface area (Å²) in [6, 6.07) is 5.48. The van der Waals surface area contributed by atoms with E-state index < -0.39 is 0 Å². The third-order valence-electron chi connectivity index (χ3n) is 3.50. The van der Waals surface area contributed by atoms with Gasteiger partial charge in [-0.25, -0.2) is 0 Å². The first-order chi connectivity index (χ1) is 7.65. The zero-order valence-corrected chi connectivity index (χ0v) is 10.5. The van der Waals surface area contributed by atoms with Gasteiger partial charge in [0, 0.05) is 12.1 Å². The SMILES string of the molecule is Cc1ccc(CNC2CCC(N(C)C)C2)o1. The molecule has 2 atom stereocenters. The molecule has 1 fully saturated rings. The van der Waals surface area contributed by atoms with Crippen LogP contribution in [0.25, 0.3) is 0 Å². The number of hydrogen-bond donors (Lipinski definition) is 1. The van der Waals surface area contributed by atoms with Crippen LogP contribution in [0.2, 0.25) is 0 Å². The predicted molar refractivity (Wildman–Crippen MR) is 65.4 cm³/mol. The van der Waals surface area contributed by atoms with Gasteiger partial charge in [0.05, 0.1) is 6.54 Å². The lowest BCUT2D eigenvalue weighted by atomic mass is 10.2. The fraction of sp³-hybridized carbons (Fsp3) is 0.692. The fourth-order valence-corrected chi connectivity index (χ4v) is 2.44. The van der Waals surface area contributed by atoms with Crippen molar-refractivity contribution in [3.05, 3.63) is 23.7 Å². The van der Waals surface area contributed by atoms with E-state index in [0.717, 1.165) is 24.1 Å². The van der Waals surface area contributed by atoms with Crippen LogP contribution in [0.4, 0.5) is 0 Å². The second-order valence-corrected chi connectivity index (χ2v) is 5.02. The third kappa shape index (κ3) is 2.86. The minimum atomic E-state index is 0.651. The zero-order valence-electron chi connectivity index (χ0n) is 10.5. The Morgan fingerprint density at radius 1 is 1.38 bits per heavy atom. The van der Waals surface area contributed by atoms with Gasteiger partial charge in [0.1, 0.15) is 11.5 Å². The summed E-state index contributed by atoms with van der Waals surface area (Å²) in [5.74, 6) is 2.04. The molecule has 90 valence electrons. The highest BCUT2D eigenvalue weighted by atomic mass is 16.3. The van der Waals surface area contributed by atoms with Gasteiger partial charge in [0.15, 0.2) is 0 Å². The summed E-state index contributed by atoms with van der Waals surface area (Å²) in [5, 5.41) is 3.58. The summed E-state index contributed by atoms with van der Waals surface area (Å²) in [4.78, 5) is 2.33. The lowest BCUT2D eigenvalue weighted by Crippen LogP contribution is -2.30. The highest BCUT2D eigenvalue weighted by Crippen LogP contribution is 2.22. The van der Waals surface area contributed by atoms with Crippen molar-refractivity contribution in [2.45, 2.75) is 44.8 Å². The molecule has 1 aliphatic rings. The van der Waals surface area contributed by atoms with E-state index in [1.54, 1.807) is 0 Å². The molecule has 1 aromatic heterocycles. The van der Waals surface area contributed by atoms with Crippen LogP contribution in [0.1, 0.15) is 30.8 Å². The van der Waals surface area contributed by atoms with Crippen molar-refractivity contribution in [2.24, 2.45) is 0 Å². The lowest BCUT2D eigenvalue weighted by Gasteiger charge is -2.19. The van der Waals surface area contributed by atoms with Crippen LogP contribution in [0.3, 0.4) is 0 Å². The minimum Gasteiger partial charge on any atom is -0.465 e. The van der Waals surface area contributed by atoms with E-state index in [9.17, 15) is 0 Å². The van der Waals surface area contributed by atoms with Crippen LogP contribution in [-0.4, -0.2) is 31.1 Å². The maximum absolute atomic E-state index is 5.54. The molecule has 2 unspecified atom stereocenters. The van der Waals surface area contributed by atoms with Crippen LogP contribution in [0.5, 0.6) is 0 Å². The van der Waals surface area contributed by atoms with E-state index in [0.29, 0.717) is 6.04 Å². The van der Waals surface area contributed by atoms with Crippen molar-refractivity contribution in [1.82, 2.24) is 10.2 Å². The first-order valence-corrected chi connectivity index (χ1v) is 6.10. The summed E-state index contributed by atoms with van der Waals surface area (Å²) in [6.45, 7) is 2.85. The molecule has 1 aromatic rings. The molecule has 1 N–H and O–H groups in total. The van der Waals surface area contributed by atoms with Crippen LogP contribution >= 0.6 is 0 Å². The summed E-state index contributed by atoms with van der Waals surface area (Å²) < 4.78 is 5.54. The molecule has 16 heavy (non-hydrogen) atoms. The van der Waals surface area contributed by atoms with Gasteiger partial charge < -0.3 is 14.6 Å². The van der Waals surface area contributed by atoms with Crippen molar-refractivity contribution >= 4 is 0 Å². The first-order valence-electron chi connectivity index (χ1n) is 6.10. The predicted octanol–water partition coefficient (Wildman–Crippen LogP) is 2.16. The molecule has 1 saturated carbocycles. The number of nitrogens with one attached hydrogen (secondary N) is 1. The molecule has 0 aromatic carbocycles. The standard InChI is InChI=1S/C13H22N2O/c1-10-4-7-13(16-10)9-14-11-5-6-12(8-11)15(2)3/h4,7,11-12,14H,5-6,8-9H2,1-3H3. The van der Waals surface area contributed by atoms with Crippen LogP contribution in [0.15, 0.2) is 16.5 Å². The molecule has 1 aliphatic carbocycles. The molecule has 1 heterocycles. The molecular formula is C13H22N2O. The van der Waals surface area contributed by atoms with E-state index in [1.807, 2.05) is 13.0 Å². The van der Waals surface area contributed by atoms with Gasteiger partial charge in [-0.15, -0.1) is 0 Å². The molecule has 0 spiro atoms. The van der Waals surface area contributed by atoms with Crippen LogP contribution in [-0.2, 0) is 6.54 Å². The van der Waals surface area contributed by atoms with Crippen molar-refractivity contribution in [3.63, 3.8) is 0 Å². The third-order valence-corrected chi connectivity index (χ3v) is 3.50. The number of rotatable bonds is 4. The maximum atomic E-state index is 5.54. The summed E-state index contributed by atoms with van der Waals surface area (Å²) >= 11 is 0. The molecule has 0 amide bonds. The van der Waals surface area contributed by atoms with E-state index >= 15 is 0 Å². The normalized spacial score (nSPS) is 25.5. The number of nitrogens with zero attached hydrogens (tertiary/aromatic N) is 1. The molecule has 2 rings (SSSR count). The highest BCUT2D eigenvalue weighted by molar-refractivity contribution is 5.05. The molecule has 0 radical (unpaired) electrons. The topological polar surface area (TPSA) is 28.4 Å². The van der Waals surface area contributed by atoms with E-state index in [2.05, 4.69) is 30.4 Å². The van der Waals surface area contributed by atoms with Crippen molar-refractivity contribution in [3.8, 4) is 0 Å². The second kappa shape index (κ2) is 5.02. The minimum absolute atomic E-state index is 0.651. The first kappa shape index (κ1) is 11.7. The number of furan rings is 1. The summed E-state index contributed by atoms with van der Waals surface area (Å²) in [7, 11) is 4.34. The van der Waals surface area contributed by atoms with Crippen molar-refractivity contribution < 1.29 is 4.42 Å². The van der Waals surface area contributed by atoms with Crippen LogP contribution < -0.4 is 5.32 Å². The Kier molecular flexibility index (Phi) is 3.66. The van der Waals surface area contributed by atoms with Gasteiger partial charge in [-0.05, 0) is 52.4 Å². The molecule has 3 nitrogen and oxygen atoms in total. The lowest BCUT2D eigenvalue weighted by molar-refractivity contribution is 0.292. The quantitative estimate of drug-likeness (QED) is 0.846. The highest BCUT2D eigenvalue weighted by Gasteiger charge is 2.25. The Hall–Kier alpha value is -0.800. The largest absolute Gasteiger partial charge is 0.465 e. The van der Waals surface area contributed by atoms with E-state index in [4.69, 9.17) is 4.42 Å². The molecular weight excluding hydrogens is 200 g/mol. The number of hydrogen-bond acceptors (Lipinski definition) is 3. The Labute approximate surface area is 97.8 Å². The Morgan fingerprint density at radius 3 is 2.75 bits per heavy atom. The van der Waals surface area contributed by atoms with Gasteiger partial charge >= 0.3 is 0 Å². The van der Waals surface area contributed by atoms with Gasteiger partial charge in [-0.3, -0.25) is 0 Å². The van der Waals surface area contributed by atoms with Crippen LogP contribution in [0, 0.1) is 6.92 Å². The van der Waals surface area contributed by atoms with Gasteiger partial charge in [-0.2, -0.15) is 0 Å². The number of aryl methyl sites for hydroxylation is 1. The van der Waals surface area contributed by atoms with Gasteiger partial charge in [-0.1, -0.05) is 0 Å². The molecule has 0 aliphatic heterocycles. The average molecular weight is 222 g/mol. The van der Waals surface area contributed by atoms with Gasteiger partial charge in [0.2, 0.25) is 0 Å². The average Bonchev–Trinajstić information content (AvgIpc) is 2.83. The van der Waals surface area contributed by atoms with Crippen molar-refractivity contribution in [1.29, 1.82) is 0 Å². The Morgan fingerprint density at radius 2 is 2.19 bits per heavy atom. The van der Waals surface area contributed by atoms with E-state index in [1.165, 1.54) is 19.3 Å². The molecule has 0 bridgehead atoms. The molecule has 3 heteroatoms. The summed E-state index contributed by atoms with van der Waals surface area (Å²) in [6.07, 6.45) is 3.84. The van der Waals surface area contributed by atoms with Crippen molar-refractivity contribution in [2.75, 3.05) is 14.1 Å². The maximum Gasteiger partial charge on any atom is 0.117 e. The fourth-order valence-electron chi connectivity index (χ4n) is 2.44. The Balaban J connectivity index is 1.75. The monoisotopic (exact) mass is 222 g/mol.